The van der Waals surface area contributed by atoms with Crippen LogP contribution in [0.15, 0.2) is 205 Å². The van der Waals surface area contributed by atoms with Crippen molar-refractivity contribution in [2.24, 2.45) is 0 Å². The van der Waals surface area contributed by atoms with Gasteiger partial charge in [0.2, 0.25) is 0 Å². The van der Waals surface area contributed by atoms with Crippen LogP contribution in [-0.2, 0) is 0 Å². The number of furan rings is 1. The summed E-state index contributed by atoms with van der Waals surface area (Å²) in [6.07, 6.45) is 0. The number of aromatic nitrogens is 3. The summed E-state index contributed by atoms with van der Waals surface area (Å²) in [5, 5.41) is 2.00. The van der Waals surface area contributed by atoms with E-state index in [1.165, 1.54) is 0 Å². The quantitative estimate of drug-likeness (QED) is 0.166. The molecule has 0 unspecified atom stereocenters. The van der Waals surface area contributed by atoms with Crippen LogP contribution in [0.5, 0.6) is 0 Å². The molecule has 7 aromatic carbocycles. The molecule has 3 aromatic heterocycles. The molecule has 4 heteroatoms. The molecule has 0 radical (unpaired) electrons. The average molecular weight is 704 g/mol. The van der Waals surface area contributed by atoms with Gasteiger partial charge in [-0.15, -0.1) is 0 Å². The van der Waals surface area contributed by atoms with E-state index in [1.54, 1.807) is 0 Å². The number of nitrogens with zero attached hydrogens (tertiary/aromatic N) is 3. The Morgan fingerprint density at radius 2 is 0.800 bits per heavy atom. The Morgan fingerprint density at radius 1 is 0.345 bits per heavy atom. The molecule has 0 aliphatic carbocycles. The van der Waals surface area contributed by atoms with E-state index in [2.05, 4.69) is 140 Å². The van der Waals surface area contributed by atoms with Crippen molar-refractivity contribution in [2.45, 2.75) is 0 Å². The molecule has 0 amide bonds. The summed E-state index contributed by atoms with van der Waals surface area (Å²) in [7, 11) is 0. The summed E-state index contributed by atoms with van der Waals surface area (Å²) < 4.78 is 6.91. The Labute approximate surface area is 319 Å². The average Bonchev–Trinajstić information content (AvgIpc) is 3.68. The Hall–Kier alpha value is -7.43. The first kappa shape index (κ1) is 32.2. The van der Waals surface area contributed by atoms with Crippen molar-refractivity contribution in [3.8, 4) is 78.7 Å². The lowest BCUT2D eigenvalue weighted by molar-refractivity contribution is 0.636. The number of pyridine rings is 1. The monoisotopic (exact) mass is 703 g/mol. The van der Waals surface area contributed by atoms with Crippen molar-refractivity contribution in [3.63, 3.8) is 0 Å². The molecule has 3 heterocycles. The molecule has 10 aromatic rings. The van der Waals surface area contributed by atoms with Gasteiger partial charge in [-0.05, 0) is 34.9 Å². The van der Waals surface area contributed by atoms with E-state index in [4.69, 9.17) is 19.4 Å². The van der Waals surface area contributed by atoms with Crippen LogP contribution in [0.1, 0.15) is 0 Å². The summed E-state index contributed by atoms with van der Waals surface area (Å²) in [6, 6.07) is 68.9. The molecular formula is C51H33N3O. The normalized spacial score (nSPS) is 11.3. The number of hydrogen-bond donors (Lipinski definition) is 0. The standard InChI is InChI=1S/C51H33N3O/c1-5-15-36(16-6-1)44-33-45(54-51(53-44)41-21-11-4-12-22-41)37-29-25-34(26-30-37)35-27-31-38(32-28-35)46-47-48(39-17-7-2-8-18-39)52-43-24-14-13-23-42(43)50(47)55-49(46)40-19-9-3-10-20-40/h1-33H. The molecule has 4 nitrogen and oxygen atoms in total. The highest BCUT2D eigenvalue weighted by Gasteiger charge is 2.24. The third kappa shape index (κ3) is 6.06. The smallest absolute Gasteiger partial charge is 0.160 e. The molecule has 0 aliphatic heterocycles. The molecule has 0 saturated carbocycles. The van der Waals surface area contributed by atoms with Crippen molar-refractivity contribution < 1.29 is 4.42 Å². The zero-order valence-corrected chi connectivity index (χ0v) is 29.8. The maximum Gasteiger partial charge on any atom is 0.160 e. The van der Waals surface area contributed by atoms with Gasteiger partial charge in [-0.1, -0.05) is 182 Å². The summed E-state index contributed by atoms with van der Waals surface area (Å²) in [6.45, 7) is 0. The molecule has 10 rings (SSSR count). The summed E-state index contributed by atoms with van der Waals surface area (Å²) in [5.41, 5.74) is 13.9. The van der Waals surface area contributed by atoms with E-state index in [9.17, 15) is 0 Å². The van der Waals surface area contributed by atoms with Gasteiger partial charge in [0.25, 0.3) is 0 Å². The van der Waals surface area contributed by atoms with E-state index in [0.717, 1.165) is 94.8 Å². The van der Waals surface area contributed by atoms with Gasteiger partial charge in [-0.3, -0.25) is 0 Å². The number of rotatable bonds is 7. The van der Waals surface area contributed by atoms with Crippen LogP contribution < -0.4 is 0 Å². The van der Waals surface area contributed by atoms with Crippen molar-refractivity contribution >= 4 is 21.9 Å². The maximum atomic E-state index is 6.91. The van der Waals surface area contributed by atoms with E-state index in [0.29, 0.717) is 5.82 Å². The highest BCUT2D eigenvalue weighted by molar-refractivity contribution is 6.16. The third-order valence-electron chi connectivity index (χ3n) is 10.1. The Morgan fingerprint density at radius 3 is 1.40 bits per heavy atom. The SMILES string of the molecule is c1ccc(-c2cc(-c3ccc(-c4ccc(-c5c(-c6ccccc6)oc6c5c(-c5ccccc5)nc5ccccc56)cc4)cc3)nc(-c3ccccc3)n2)cc1. The highest BCUT2D eigenvalue weighted by atomic mass is 16.3. The first-order valence-electron chi connectivity index (χ1n) is 18.4. The van der Waals surface area contributed by atoms with Crippen molar-refractivity contribution in [1.82, 2.24) is 15.0 Å². The van der Waals surface area contributed by atoms with E-state index >= 15 is 0 Å². The fraction of sp³-hybridized carbons (Fsp3) is 0. The van der Waals surface area contributed by atoms with E-state index < -0.39 is 0 Å². The Kier molecular flexibility index (Phi) is 8.12. The third-order valence-corrected chi connectivity index (χ3v) is 10.1. The maximum absolute atomic E-state index is 6.91. The van der Waals surface area contributed by atoms with Crippen molar-refractivity contribution in [2.75, 3.05) is 0 Å². The second-order valence-corrected chi connectivity index (χ2v) is 13.6. The molecule has 0 spiro atoms. The van der Waals surface area contributed by atoms with Gasteiger partial charge in [-0.25, -0.2) is 15.0 Å². The topological polar surface area (TPSA) is 51.8 Å². The summed E-state index contributed by atoms with van der Waals surface area (Å²) in [4.78, 5) is 15.2. The first-order chi connectivity index (χ1) is 27.3. The van der Waals surface area contributed by atoms with Gasteiger partial charge < -0.3 is 4.42 Å². The second-order valence-electron chi connectivity index (χ2n) is 13.6. The van der Waals surface area contributed by atoms with Crippen LogP contribution in [-0.4, -0.2) is 15.0 Å². The molecule has 55 heavy (non-hydrogen) atoms. The minimum atomic E-state index is 0.705. The first-order valence-corrected chi connectivity index (χ1v) is 18.4. The molecule has 258 valence electrons. The van der Waals surface area contributed by atoms with Crippen LogP contribution in [0.25, 0.3) is 101 Å². The predicted molar refractivity (Wildman–Crippen MR) is 225 cm³/mol. The van der Waals surface area contributed by atoms with Gasteiger partial charge in [0, 0.05) is 38.8 Å². The minimum absolute atomic E-state index is 0.705. The number of benzene rings is 7. The molecule has 0 fully saturated rings. The Bertz CT molecular complexity index is 2870. The van der Waals surface area contributed by atoms with Crippen molar-refractivity contribution in [1.29, 1.82) is 0 Å². The fourth-order valence-corrected chi connectivity index (χ4v) is 7.39. The van der Waals surface area contributed by atoms with Crippen LogP contribution in [0.4, 0.5) is 0 Å². The van der Waals surface area contributed by atoms with Crippen molar-refractivity contribution in [3.05, 3.63) is 200 Å². The van der Waals surface area contributed by atoms with Gasteiger partial charge in [0.05, 0.1) is 28.0 Å². The number of hydrogen-bond acceptors (Lipinski definition) is 4. The predicted octanol–water partition coefficient (Wildman–Crippen LogP) is 13.4. The lowest BCUT2D eigenvalue weighted by atomic mass is 9.93. The molecule has 0 aliphatic rings. The minimum Gasteiger partial charge on any atom is -0.455 e. The number of para-hydroxylation sites is 1. The van der Waals surface area contributed by atoms with Crippen LogP contribution in [0.2, 0.25) is 0 Å². The van der Waals surface area contributed by atoms with Gasteiger partial charge in [-0.2, -0.15) is 0 Å². The van der Waals surface area contributed by atoms with Gasteiger partial charge >= 0.3 is 0 Å². The zero-order chi connectivity index (χ0) is 36.6. The summed E-state index contributed by atoms with van der Waals surface area (Å²) >= 11 is 0. The molecule has 0 atom stereocenters. The van der Waals surface area contributed by atoms with Gasteiger partial charge in [0.1, 0.15) is 11.3 Å². The van der Waals surface area contributed by atoms with Crippen LogP contribution in [0.3, 0.4) is 0 Å². The summed E-state index contributed by atoms with van der Waals surface area (Å²) in [5.74, 6) is 1.54. The van der Waals surface area contributed by atoms with Gasteiger partial charge in [0.15, 0.2) is 5.82 Å². The lowest BCUT2D eigenvalue weighted by Gasteiger charge is -2.11. The molecule has 0 N–H and O–H groups in total. The number of fused-ring (bicyclic) bond motifs is 3. The van der Waals surface area contributed by atoms with E-state index in [1.807, 2.05) is 60.7 Å². The molecule has 0 bridgehead atoms. The molecular weight excluding hydrogens is 671 g/mol. The van der Waals surface area contributed by atoms with Crippen LogP contribution >= 0.6 is 0 Å². The molecule has 0 saturated heterocycles. The lowest BCUT2D eigenvalue weighted by Crippen LogP contribution is -1.95. The second kappa shape index (κ2) is 13.8. The largest absolute Gasteiger partial charge is 0.455 e. The Balaban J connectivity index is 1.06. The zero-order valence-electron chi connectivity index (χ0n) is 29.8. The fourth-order valence-electron chi connectivity index (χ4n) is 7.39. The van der Waals surface area contributed by atoms with E-state index in [-0.39, 0.29) is 0 Å². The van der Waals surface area contributed by atoms with Crippen LogP contribution in [0, 0.1) is 0 Å². The highest BCUT2D eigenvalue weighted by Crippen LogP contribution is 2.47.